The van der Waals surface area contributed by atoms with Crippen LogP contribution >= 0.6 is 11.6 Å². The van der Waals surface area contributed by atoms with Crippen molar-refractivity contribution in [3.63, 3.8) is 0 Å². The normalized spacial score (nSPS) is 9.50. The summed E-state index contributed by atoms with van der Waals surface area (Å²) in [6.07, 6.45) is -0.587. The van der Waals surface area contributed by atoms with E-state index in [1.807, 2.05) is 0 Å². The largest absolute Gasteiger partial charge is 0.481 e. The molecule has 1 rings (SSSR count). The topological polar surface area (TPSA) is 104 Å². The van der Waals surface area contributed by atoms with Crippen molar-refractivity contribution < 1.29 is 14.8 Å². The summed E-state index contributed by atoms with van der Waals surface area (Å²) in [5.41, 5.74) is -0.683. The van der Waals surface area contributed by atoms with Gasteiger partial charge in [-0.25, -0.2) is 0 Å². The number of carboxylic acid groups (broad SMARTS) is 1. The van der Waals surface area contributed by atoms with E-state index in [2.05, 4.69) is 0 Å². The summed E-state index contributed by atoms with van der Waals surface area (Å²) in [6.45, 7) is 0. The molecule has 0 fully saturated rings. The van der Waals surface area contributed by atoms with Crippen molar-refractivity contribution in [1.29, 1.82) is 5.26 Å². The Hall–Kier alpha value is -2.13. The second kappa shape index (κ2) is 4.59. The van der Waals surface area contributed by atoms with Gasteiger partial charge in [0, 0.05) is 11.1 Å². The molecule has 0 aromatic heterocycles. The van der Waals surface area contributed by atoms with Crippen LogP contribution in [0.1, 0.15) is 11.1 Å². The van der Waals surface area contributed by atoms with Gasteiger partial charge in [0.15, 0.2) is 0 Å². The van der Waals surface area contributed by atoms with E-state index in [0.29, 0.717) is 0 Å². The first kappa shape index (κ1) is 11.9. The SMILES string of the molecule is N#Cc1cc(Cl)cc([N+](=O)[O-])c1CC(=O)O. The van der Waals surface area contributed by atoms with E-state index >= 15 is 0 Å². The average molecular weight is 241 g/mol. The van der Waals surface area contributed by atoms with Crippen molar-refractivity contribution in [2.45, 2.75) is 6.42 Å². The molecule has 7 heteroatoms. The fraction of sp³-hybridized carbons (Fsp3) is 0.111. The van der Waals surface area contributed by atoms with E-state index < -0.39 is 23.0 Å². The lowest BCUT2D eigenvalue weighted by Crippen LogP contribution is -2.06. The maximum atomic E-state index is 10.7. The Morgan fingerprint density at radius 2 is 2.25 bits per heavy atom. The predicted octanol–water partition coefficient (Wildman–Crippen LogP) is 1.75. The Morgan fingerprint density at radius 1 is 1.62 bits per heavy atom. The second-order valence-electron chi connectivity index (χ2n) is 2.89. The van der Waals surface area contributed by atoms with Gasteiger partial charge in [0.25, 0.3) is 5.69 Å². The first-order valence-electron chi connectivity index (χ1n) is 4.04. The number of halogens is 1. The van der Waals surface area contributed by atoms with Crippen LogP contribution in [0.15, 0.2) is 12.1 Å². The molecule has 0 bridgehead atoms. The number of hydrogen-bond acceptors (Lipinski definition) is 4. The lowest BCUT2D eigenvalue weighted by molar-refractivity contribution is -0.385. The first-order chi connectivity index (χ1) is 7.45. The van der Waals surface area contributed by atoms with Crippen LogP contribution in [0, 0.1) is 21.4 Å². The monoisotopic (exact) mass is 240 g/mol. The fourth-order valence-electron chi connectivity index (χ4n) is 1.22. The predicted molar refractivity (Wildman–Crippen MR) is 54.2 cm³/mol. The van der Waals surface area contributed by atoms with Crippen molar-refractivity contribution in [2.75, 3.05) is 0 Å². The van der Waals surface area contributed by atoms with Crippen molar-refractivity contribution in [3.8, 4) is 6.07 Å². The van der Waals surface area contributed by atoms with Crippen LogP contribution < -0.4 is 0 Å². The van der Waals surface area contributed by atoms with Crippen LogP contribution in [0.5, 0.6) is 0 Å². The van der Waals surface area contributed by atoms with Gasteiger partial charge in [-0.15, -0.1) is 0 Å². The molecule has 0 radical (unpaired) electrons. The van der Waals surface area contributed by atoms with E-state index in [4.69, 9.17) is 22.0 Å². The highest BCUT2D eigenvalue weighted by Gasteiger charge is 2.21. The standard InChI is InChI=1S/C9H5ClN2O4/c10-6-1-5(4-11)7(3-9(13)14)8(2-6)12(15)16/h1-2H,3H2,(H,13,14). The van der Waals surface area contributed by atoms with E-state index in [1.165, 1.54) is 6.07 Å². The smallest absolute Gasteiger partial charge is 0.308 e. The van der Waals surface area contributed by atoms with Gasteiger partial charge in [0.05, 0.1) is 28.5 Å². The molecule has 0 saturated heterocycles. The Balaban J connectivity index is 3.46. The maximum absolute atomic E-state index is 10.7. The molecule has 0 amide bonds. The number of nitrogens with zero attached hydrogens (tertiary/aromatic N) is 2. The number of benzene rings is 1. The molecule has 0 heterocycles. The number of carboxylic acids is 1. The van der Waals surface area contributed by atoms with Crippen LogP contribution in [0.25, 0.3) is 0 Å². The van der Waals surface area contributed by atoms with E-state index in [9.17, 15) is 14.9 Å². The molecule has 0 aliphatic rings. The molecular formula is C9H5ClN2O4. The van der Waals surface area contributed by atoms with Crippen LogP contribution in [-0.4, -0.2) is 16.0 Å². The van der Waals surface area contributed by atoms with Gasteiger partial charge in [-0.05, 0) is 6.07 Å². The van der Waals surface area contributed by atoms with Crippen molar-refractivity contribution >= 4 is 23.3 Å². The Morgan fingerprint density at radius 3 is 2.69 bits per heavy atom. The summed E-state index contributed by atoms with van der Waals surface area (Å²) in [7, 11) is 0. The van der Waals surface area contributed by atoms with Crippen molar-refractivity contribution in [1.82, 2.24) is 0 Å². The van der Waals surface area contributed by atoms with Gasteiger partial charge >= 0.3 is 5.97 Å². The molecule has 0 aliphatic heterocycles. The van der Waals surface area contributed by atoms with Crippen LogP contribution in [0.4, 0.5) is 5.69 Å². The number of nitro benzene ring substituents is 1. The number of nitriles is 1. The van der Waals surface area contributed by atoms with E-state index in [1.54, 1.807) is 6.07 Å². The third kappa shape index (κ3) is 2.46. The molecular weight excluding hydrogens is 236 g/mol. The Labute approximate surface area is 94.8 Å². The van der Waals surface area contributed by atoms with Gasteiger partial charge in [0.2, 0.25) is 0 Å². The number of carbonyl (C=O) groups is 1. The highest BCUT2D eigenvalue weighted by molar-refractivity contribution is 6.31. The van der Waals surface area contributed by atoms with E-state index in [0.717, 1.165) is 6.07 Å². The molecule has 1 N–H and O–H groups in total. The third-order valence-corrected chi connectivity index (χ3v) is 2.05. The van der Waals surface area contributed by atoms with Crippen molar-refractivity contribution in [3.05, 3.63) is 38.4 Å². The van der Waals surface area contributed by atoms with Crippen LogP contribution in [-0.2, 0) is 11.2 Å². The summed E-state index contributed by atoms with van der Waals surface area (Å²) in [4.78, 5) is 20.4. The van der Waals surface area contributed by atoms with Gasteiger partial charge in [-0.2, -0.15) is 5.26 Å². The lowest BCUT2D eigenvalue weighted by Gasteiger charge is -2.03. The highest BCUT2D eigenvalue weighted by Crippen LogP contribution is 2.27. The third-order valence-electron chi connectivity index (χ3n) is 1.84. The Kier molecular flexibility index (Phi) is 3.43. The zero-order valence-corrected chi connectivity index (χ0v) is 8.56. The minimum atomic E-state index is -1.25. The van der Waals surface area contributed by atoms with Gasteiger partial charge in [-0.1, -0.05) is 11.6 Å². The first-order valence-corrected chi connectivity index (χ1v) is 4.42. The molecule has 0 atom stereocenters. The van der Waals surface area contributed by atoms with Gasteiger partial charge in [0.1, 0.15) is 0 Å². The molecule has 1 aromatic carbocycles. The number of rotatable bonds is 3. The maximum Gasteiger partial charge on any atom is 0.308 e. The highest BCUT2D eigenvalue weighted by atomic mass is 35.5. The molecule has 0 aliphatic carbocycles. The molecule has 0 saturated carbocycles. The fourth-order valence-corrected chi connectivity index (χ4v) is 1.43. The summed E-state index contributed by atoms with van der Waals surface area (Å²) < 4.78 is 0. The van der Waals surface area contributed by atoms with E-state index in [-0.39, 0.29) is 16.1 Å². The Bertz CT molecular complexity index is 507. The number of nitro groups is 1. The number of aliphatic carboxylic acids is 1. The average Bonchev–Trinajstić information content (AvgIpc) is 2.19. The lowest BCUT2D eigenvalue weighted by atomic mass is 10.0. The molecule has 0 unspecified atom stereocenters. The molecule has 1 aromatic rings. The van der Waals surface area contributed by atoms with Crippen LogP contribution in [0.2, 0.25) is 5.02 Å². The quantitative estimate of drug-likeness (QED) is 0.640. The zero-order valence-electron chi connectivity index (χ0n) is 7.81. The van der Waals surface area contributed by atoms with Gasteiger partial charge in [-0.3, -0.25) is 14.9 Å². The molecule has 6 nitrogen and oxygen atoms in total. The summed E-state index contributed by atoms with van der Waals surface area (Å²) in [5.74, 6) is -1.25. The molecule has 16 heavy (non-hydrogen) atoms. The minimum absolute atomic E-state index is 0.0254. The zero-order chi connectivity index (χ0) is 12.3. The van der Waals surface area contributed by atoms with Crippen LogP contribution in [0.3, 0.4) is 0 Å². The summed E-state index contributed by atoms with van der Waals surface area (Å²) in [5, 5.41) is 28.0. The van der Waals surface area contributed by atoms with Crippen molar-refractivity contribution in [2.24, 2.45) is 0 Å². The molecule has 0 spiro atoms. The minimum Gasteiger partial charge on any atom is -0.481 e. The summed E-state index contributed by atoms with van der Waals surface area (Å²) >= 11 is 5.58. The number of hydrogen-bond donors (Lipinski definition) is 1. The molecule has 82 valence electrons. The van der Waals surface area contributed by atoms with Gasteiger partial charge < -0.3 is 5.11 Å². The summed E-state index contributed by atoms with van der Waals surface area (Å²) in [6, 6.07) is 3.91. The second-order valence-corrected chi connectivity index (χ2v) is 3.33.